The van der Waals surface area contributed by atoms with Crippen molar-refractivity contribution in [2.24, 2.45) is 0 Å². The maximum Gasteiger partial charge on any atom is 0.259 e. The summed E-state index contributed by atoms with van der Waals surface area (Å²) in [6.45, 7) is 37.8. The lowest BCUT2D eigenvalue weighted by Gasteiger charge is -2.31. The Labute approximate surface area is 368 Å². The lowest BCUT2D eigenvalue weighted by molar-refractivity contribution is 0.956. The topological polar surface area (TPSA) is 16.2 Å². The molecule has 0 amide bonds. The van der Waals surface area contributed by atoms with Crippen molar-refractivity contribution >= 4 is 60.5 Å². The van der Waals surface area contributed by atoms with E-state index in [-0.39, 0.29) is 0 Å². The standard InChI is InChI=1S/C54H58N5.Al.2H/c1-9-36-55(37-10-2)46-24-20-44(21-25-46)52-18-17-19-53(54(52)45-22-26-47(27-23-45)56(38-11-3)39-12-4)59(50-32-28-48(29-33-50)57(40-13-5)41-14-6)51-34-30-49(31-35-51)58(42-15-7)43-16-8;;;/h9-17,19-35H,1-8,36-43H2;;;. The van der Waals surface area contributed by atoms with Crippen LogP contribution in [-0.2, 0) is 0 Å². The van der Waals surface area contributed by atoms with E-state index < -0.39 is 0 Å². The molecular weight excluding hydrogens is 746 g/mol. The summed E-state index contributed by atoms with van der Waals surface area (Å²) in [7, 11) is 0. The zero-order chi connectivity index (χ0) is 42.9. The molecule has 60 heavy (non-hydrogen) atoms. The van der Waals surface area contributed by atoms with E-state index in [0.717, 1.165) is 114 Å². The Kier molecular flexibility index (Phi) is 16.8. The van der Waals surface area contributed by atoms with Gasteiger partial charge in [-0.1, -0.05) is 78.9 Å². The summed E-state index contributed by atoms with van der Waals surface area (Å²) in [5, 5.41) is 0. The first-order chi connectivity index (χ1) is 29.3. The summed E-state index contributed by atoms with van der Waals surface area (Å²) >= 11 is 0.853. The smallest absolute Gasteiger partial charge is 0.259 e. The third kappa shape index (κ3) is 10.8. The lowest BCUT2D eigenvalue weighted by atomic mass is 9.91. The zero-order valence-corrected chi connectivity index (χ0v) is 37.6. The molecule has 304 valence electrons. The Morgan fingerprint density at radius 3 is 0.850 bits per heavy atom. The molecule has 0 fully saturated rings. The van der Waals surface area contributed by atoms with Gasteiger partial charge in [0.1, 0.15) is 0 Å². The number of benzene rings is 5. The first kappa shape index (κ1) is 44.7. The molecule has 0 atom stereocenters. The summed E-state index contributed by atoms with van der Waals surface area (Å²) in [6, 6.07) is 40.2. The van der Waals surface area contributed by atoms with Gasteiger partial charge in [-0.15, -0.1) is 57.1 Å². The summed E-state index contributed by atoms with van der Waals surface area (Å²) in [5.74, 6) is 0. The molecule has 0 aliphatic rings. The summed E-state index contributed by atoms with van der Waals surface area (Å²) in [4.78, 5) is 11.4. The maximum atomic E-state index is 4.01. The van der Waals surface area contributed by atoms with E-state index in [2.05, 4.69) is 186 Å². The van der Waals surface area contributed by atoms with Gasteiger partial charge in [0.2, 0.25) is 0 Å². The molecule has 0 aliphatic heterocycles. The maximum absolute atomic E-state index is 4.01. The Balaban J connectivity index is 1.79. The van der Waals surface area contributed by atoms with Crippen LogP contribution in [0.5, 0.6) is 0 Å². The van der Waals surface area contributed by atoms with Gasteiger partial charge >= 0.3 is 0 Å². The molecule has 5 aromatic carbocycles. The molecule has 0 N–H and O–H groups in total. The van der Waals surface area contributed by atoms with Crippen LogP contribution in [-0.4, -0.2) is 68.6 Å². The van der Waals surface area contributed by atoms with E-state index in [1.807, 2.05) is 48.6 Å². The monoisotopic (exact) mass is 805 g/mol. The molecule has 0 aromatic heterocycles. The minimum Gasteiger partial charge on any atom is -0.364 e. The average Bonchev–Trinajstić information content (AvgIpc) is 3.27. The molecule has 0 bridgehead atoms. The van der Waals surface area contributed by atoms with Crippen molar-refractivity contribution in [3.05, 3.63) is 210 Å². The second-order valence-electron chi connectivity index (χ2n) is 14.5. The van der Waals surface area contributed by atoms with E-state index in [4.69, 9.17) is 0 Å². The quantitative estimate of drug-likeness (QED) is 0.0430. The van der Waals surface area contributed by atoms with Crippen LogP contribution >= 0.6 is 0 Å². The van der Waals surface area contributed by atoms with Crippen LogP contribution in [0.25, 0.3) is 22.3 Å². The molecular formula is C54H60AlN5. The van der Waals surface area contributed by atoms with Crippen molar-refractivity contribution in [3.8, 4) is 22.3 Å². The predicted octanol–water partition coefficient (Wildman–Crippen LogP) is 11.5. The highest BCUT2D eigenvalue weighted by Gasteiger charge is 2.23. The number of anilines is 7. The molecule has 0 heterocycles. The fourth-order valence-corrected chi connectivity index (χ4v) is 8.37. The van der Waals surface area contributed by atoms with Gasteiger partial charge in [0.25, 0.3) is 16.3 Å². The van der Waals surface area contributed by atoms with Gasteiger partial charge in [-0.25, -0.2) is 0 Å². The summed E-state index contributed by atoms with van der Waals surface area (Å²) in [6.07, 6.45) is 15.5. The third-order valence-electron chi connectivity index (χ3n) is 10.4. The van der Waals surface area contributed by atoms with Crippen molar-refractivity contribution in [3.63, 3.8) is 0 Å². The van der Waals surface area contributed by atoms with Crippen molar-refractivity contribution < 1.29 is 0 Å². The van der Waals surface area contributed by atoms with Crippen molar-refractivity contribution in [2.45, 2.75) is 0 Å². The molecule has 0 spiro atoms. The average molecular weight is 806 g/mol. The molecule has 6 heteroatoms. The van der Waals surface area contributed by atoms with Crippen molar-refractivity contribution in [1.82, 2.24) is 0 Å². The molecule has 0 saturated heterocycles. The van der Waals surface area contributed by atoms with Crippen molar-refractivity contribution in [2.75, 3.05) is 76.9 Å². The Morgan fingerprint density at radius 2 is 0.567 bits per heavy atom. The second kappa shape index (κ2) is 22.6. The molecule has 5 aromatic rings. The number of rotatable bonds is 25. The predicted molar refractivity (Wildman–Crippen MR) is 271 cm³/mol. The third-order valence-corrected chi connectivity index (χ3v) is 11.3. The van der Waals surface area contributed by atoms with Crippen LogP contribution in [0.2, 0.25) is 0 Å². The minimum atomic E-state index is 0.725. The fraction of sp³-hybridized carbons (Fsp3) is 0.148. The number of hydrogen-bond donors (Lipinski definition) is 0. The highest BCUT2D eigenvalue weighted by molar-refractivity contribution is 6.37. The Morgan fingerprint density at radius 1 is 0.317 bits per heavy atom. The molecule has 0 unspecified atom stereocenters. The molecule has 0 saturated carbocycles. The van der Waals surface area contributed by atoms with Crippen LogP contribution < -0.4 is 28.9 Å². The summed E-state index contributed by atoms with van der Waals surface area (Å²) in [5.41, 5.74) is 12.3. The van der Waals surface area contributed by atoms with Crippen LogP contribution in [0.3, 0.4) is 0 Å². The van der Waals surface area contributed by atoms with Gasteiger partial charge in [-0.05, 0) is 95.6 Å². The van der Waals surface area contributed by atoms with Gasteiger partial charge < -0.3 is 24.5 Å². The SMILES string of the molecule is C=CCN(CC=C)c1ccc(-c2[c]([AlH2])ccc(N(c3ccc(N(CC=C)CC=C)cc3)c3ccc(N(CC=C)CC=C)cc3)c2-c2ccc(N(CC=C)CC=C)cc2)cc1. The van der Waals surface area contributed by atoms with E-state index in [1.165, 1.54) is 21.1 Å². The Hall–Kier alpha value is -6.45. The number of nitrogens with zero attached hydrogens (tertiary/aromatic N) is 5. The van der Waals surface area contributed by atoms with E-state index in [9.17, 15) is 0 Å². The first-order valence-corrected chi connectivity index (χ1v) is 21.6. The van der Waals surface area contributed by atoms with E-state index in [0.29, 0.717) is 0 Å². The minimum absolute atomic E-state index is 0.725. The molecule has 0 radical (unpaired) electrons. The second-order valence-corrected chi connectivity index (χ2v) is 15.6. The Bertz CT molecular complexity index is 2130. The largest absolute Gasteiger partial charge is 0.364 e. The first-order valence-electron chi connectivity index (χ1n) is 20.6. The molecule has 0 aliphatic carbocycles. The van der Waals surface area contributed by atoms with Crippen LogP contribution in [0.15, 0.2) is 210 Å². The van der Waals surface area contributed by atoms with Gasteiger partial charge in [0.15, 0.2) is 0 Å². The highest BCUT2D eigenvalue weighted by Crippen LogP contribution is 2.46. The van der Waals surface area contributed by atoms with Gasteiger partial charge in [0.05, 0.1) is 5.69 Å². The zero-order valence-electron chi connectivity index (χ0n) is 35.6. The van der Waals surface area contributed by atoms with Gasteiger partial charge in [0, 0.05) is 92.0 Å². The van der Waals surface area contributed by atoms with Crippen LogP contribution in [0.4, 0.5) is 39.8 Å². The van der Waals surface area contributed by atoms with E-state index in [1.54, 1.807) is 0 Å². The van der Waals surface area contributed by atoms with Crippen LogP contribution in [0, 0.1) is 0 Å². The normalized spacial score (nSPS) is 10.5. The highest BCUT2D eigenvalue weighted by atomic mass is 27.0. The number of hydrogen-bond acceptors (Lipinski definition) is 5. The molecule has 5 rings (SSSR count). The lowest BCUT2D eigenvalue weighted by Crippen LogP contribution is -2.23. The van der Waals surface area contributed by atoms with Crippen molar-refractivity contribution in [1.29, 1.82) is 0 Å². The summed E-state index contributed by atoms with van der Waals surface area (Å²) < 4.78 is 1.32. The van der Waals surface area contributed by atoms with Crippen LogP contribution in [0.1, 0.15) is 0 Å². The van der Waals surface area contributed by atoms with Gasteiger partial charge in [-0.3, -0.25) is 0 Å². The molecule has 5 nitrogen and oxygen atoms in total. The van der Waals surface area contributed by atoms with E-state index >= 15 is 0 Å². The fourth-order valence-electron chi connectivity index (χ4n) is 7.66. The van der Waals surface area contributed by atoms with Gasteiger partial charge in [-0.2, -0.15) is 0 Å².